The number of aromatic carboxylic acids is 1. The first-order valence-corrected chi connectivity index (χ1v) is 10.2. The zero-order chi connectivity index (χ0) is 20.3. The molecule has 0 atom stereocenters. The van der Waals surface area contributed by atoms with Crippen LogP contribution in [0.1, 0.15) is 59.2 Å². The third kappa shape index (κ3) is 4.63. The van der Waals surface area contributed by atoms with Crippen LogP contribution in [0.4, 0.5) is 0 Å². The Morgan fingerprint density at radius 3 is 1.72 bits per heavy atom. The maximum Gasteiger partial charge on any atom is 0.338 e. The number of ether oxygens (including phenoxy) is 1. The summed E-state index contributed by atoms with van der Waals surface area (Å²) in [5, 5.41) is 8.36. The smallest absolute Gasteiger partial charge is 0.338 e. The fourth-order valence-corrected chi connectivity index (χ4v) is 5.75. The van der Waals surface area contributed by atoms with Crippen molar-refractivity contribution in [3.63, 3.8) is 0 Å². The predicted molar refractivity (Wildman–Crippen MR) is 106 cm³/mol. The van der Waals surface area contributed by atoms with Crippen molar-refractivity contribution in [2.75, 3.05) is 6.61 Å². The number of hydrogen-bond donors (Lipinski definition) is 1. The Labute approximate surface area is 170 Å². The van der Waals surface area contributed by atoms with E-state index in [9.17, 15) is 9.59 Å². The molecule has 2 aromatic heterocycles. The molecule has 4 aliphatic carbocycles. The molecular weight excluding hydrogens is 368 g/mol. The highest BCUT2D eigenvalue weighted by atomic mass is 16.5. The van der Waals surface area contributed by atoms with Crippen LogP contribution < -0.4 is 0 Å². The van der Waals surface area contributed by atoms with E-state index in [0.717, 1.165) is 17.8 Å². The summed E-state index contributed by atoms with van der Waals surface area (Å²) in [4.78, 5) is 29.9. The first-order chi connectivity index (χ1) is 14.0. The van der Waals surface area contributed by atoms with Gasteiger partial charge in [0.25, 0.3) is 0 Å². The lowest BCUT2D eigenvalue weighted by atomic mass is 9.50. The van der Waals surface area contributed by atoms with Crippen LogP contribution >= 0.6 is 0 Å². The average molecular weight is 394 g/mol. The van der Waals surface area contributed by atoms with Gasteiger partial charge >= 0.3 is 11.9 Å². The van der Waals surface area contributed by atoms with E-state index in [0.29, 0.717) is 17.6 Å². The number of rotatable bonds is 4. The van der Waals surface area contributed by atoms with Gasteiger partial charge in [0.15, 0.2) is 0 Å². The van der Waals surface area contributed by atoms with Crippen molar-refractivity contribution in [2.24, 2.45) is 23.2 Å². The van der Waals surface area contributed by atoms with Crippen LogP contribution in [-0.4, -0.2) is 33.6 Å². The summed E-state index contributed by atoms with van der Waals surface area (Å²) in [6.45, 7) is 0.623. The zero-order valence-corrected chi connectivity index (χ0v) is 16.4. The van der Waals surface area contributed by atoms with Gasteiger partial charge in [0.05, 0.1) is 17.7 Å². The molecule has 0 amide bonds. The molecule has 1 N–H and O–H groups in total. The Kier molecular flexibility index (Phi) is 5.60. The SMILES string of the molecule is O=C(O)c1ccncc1.O=C(OCC12CC3CC(CC(C3)C1)C2)c1ccncc1. The van der Waals surface area contributed by atoms with Crippen LogP contribution in [0.15, 0.2) is 49.1 Å². The number of carbonyl (C=O) groups excluding carboxylic acids is 1. The molecule has 152 valence electrons. The minimum absolute atomic E-state index is 0.192. The van der Waals surface area contributed by atoms with E-state index in [1.165, 1.54) is 63.1 Å². The number of carbonyl (C=O) groups is 2. The van der Waals surface area contributed by atoms with Gasteiger partial charge in [-0.3, -0.25) is 9.97 Å². The fraction of sp³-hybridized carbons (Fsp3) is 0.478. The highest BCUT2D eigenvalue weighted by Crippen LogP contribution is 2.60. The Bertz CT molecular complexity index is 818. The van der Waals surface area contributed by atoms with E-state index in [1.54, 1.807) is 24.5 Å². The maximum absolute atomic E-state index is 12.1. The molecule has 6 heteroatoms. The summed E-state index contributed by atoms with van der Waals surface area (Å²) >= 11 is 0. The summed E-state index contributed by atoms with van der Waals surface area (Å²) in [5.74, 6) is 1.60. The van der Waals surface area contributed by atoms with Crippen LogP contribution in [0.25, 0.3) is 0 Å². The molecule has 0 spiro atoms. The lowest BCUT2D eigenvalue weighted by Crippen LogP contribution is -2.48. The average Bonchev–Trinajstić information content (AvgIpc) is 2.73. The van der Waals surface area contributed by atoms with Gasteiger partial charge in [0, 0.05) is 30.2 Å². The van der Waals surface area contributed by atoms with Gasteiger partial charge in [-0.2, -0.15) is 0 Å². The van der Waals surface area contributed by atoms with E-state index in [2.05, 4.69) is 9.97 Å². The highest BCUT2D eigenvalue weighted by Gasteiger charge is 2.51. The number of carboxylic acids is 1. The van der Waals surface area contributed by atoms with Crippen molar-refractivity contribution in [2.45, 2.75) is 38.5 Å². The van der Waals surface area contributed by atoms with Gasteiger partial charge in [-0.25, -0.2) is 9.59 Å². The lowest BCUT2D eigenvalue weighted by molar-refractivity contribution is -0.0848. The highest BCUT2D eigenvalue weighted by molar-refractivity contribution is 5.89. The molecule has 0 unspecified atom stereocenters. The molecule has 0 radical (unpaired) electrons. The molecular formula is C23H26N2O4. The first kappa shape index (κ1) is 19.6. The van der Waals surface area contributed by atoms with Crippen molar-refractivity contribution < 1.29 is 19.4 Å². The third-order valence-electron chi connectivity index (χ3n) is 6.52. The predicted octanol–water partition coefficient (Wildman–Crippen LogP) is 4.23. The van der Waals surface area contributed by atoms with Crippen molar-refractivity contribution in [3.8, 4) is 0 Å². The molecule has 4 aliphatic rings. The first-order valence-electron chi connectivity index (χ1n) is 10.2. The molecule has 0 aliphatic heterocycles. The second-order valence-corrected chi connectivity index (χ2v) is 8.77. The Balaban J connectivity index is 0.000000192. The number of pyridine rings is 2. The van der Waals surface area contributed by atoms with Gasteiger partial charge in [-0.05, 0) is 80.5 Å². The van der Waals surface area contributed by atoms with E-state index in [1.807, 2.05) is 0 Å². The Morgan fingerprint density at radius 2 is 1.31 bits per heavy atom. The van der Waals surface area contributed by atoms with Crippen LogP contribution in [0.2, 0.25) is 0 Å². The summed E-state index contributed by atoms with van der Waals surface area (Å²) in [5.41, 5.74) is 1.19. The van der Waals surface area contributed by atoms with Gasteiger partial charge in [0.1, 0.15) is 0 Å². The normalized spacial score (nSPS) is 28.9. The van der Waals surface area contributed by atoms with E-state index < -0.39 is 5.97 Å². The van der Waals surface area contributed by atoms with Crippen LogP contribution in [0, 0.1) is 23.2 Å². The minimum atomic E-state index is -0.919. The van der Waals surface area contributed by atoms with Gasteiger partial charge < -0.3 is 9.84 Å². The van der Waals surface area contributed by atoms with Crippen molar-refractivity contribution in [1.82, 2.24) is 9.97 Å². The molecule has 0 saturated heterocycles. The Morgan fingerprint density at radius 1 is 0.862 bits per heavy atom. The maximum atomic E-state index is 12.1. The van der Waals surface area contributed by atoms with Crippen LogP contribution in [0.5, 0.6) is 0 Å². The molecule has 4 bridgehead atoms. The molecule has 4 saturated carbocycles. The second-order valence-electron chi connectivity index (χ2n) is 8.77. The quantitative estimate of drug-likeness (QED) is 0.781. The summed E-state index contributed by atoms with van der Waals surface area (Å²) in [7, 11) is 0. The van der Waals surface area contributed by atoms with Crippen LogP contribution in [0.3, 0.4) is 0 Å². The van der Waals surface area contributed by atoms with E-state index >= 15 is 0 Å². The summed E-state index contributed by atoms with van der Waals surface area (Å²) in [6, 6.07) is 6.34. The second kappa shape index (κ2) is 8.31. The molecule has 2 heterocycles. The molecule has 0 aromatic carbocycles. The zero-order valence-electron chi connectivity index (χ0n) is 16.4. The van der Waals surface area contributed by atoms with Gasteiger partial charge in [-0.1, -0.05) is 0 Å². The number of esters is 1. The van der Waals surface area contributed by atoms with Gasteiger partial charge in [0.2, 0.25) is 0 Å². The standard InChI is InChI=1S/C17H21NO2.C6H5NO2/c19-16(15-1-3-18-4-2-15)20-11-17-8-12-5-13(9-17)7-14(6-12)10-17;8-6(9)5-1-3-7-4-2-5/h1-4,12-14H,5-11H2;1-4H,(H,8,9). The van der Waals surface area contributed by atoms with E-state index in [4.69, 9.17) is 9.84 Å². The molecule has 2 aromatic rings. The van der Waals surface area contributed by atoms with Gasteiger partial charge in [-0.15, -0.1) is 0 Å². The molecule has 4 fully saturated rings. The summed E-state index contributed by atoms with van der Waals surface area (Å²) < 4.78 is 5.65. The number of nitrogens with zero attached hydrogens (tertiary/aromatic N) is 2. The van der Waals surface area contributed by atoms with E-state index in [-0.39, 0.29) is 11.5 Å². The van der Waals surface area contributed by atoms with Crippen molar-refractivity contribution in [3.05, 3.63) is 60.2 Å². The largest absolute Gasteiger partial charge is 0.478 e. The van der Waals surface area contributed by atoms with Crippen molar-refractivity contribution in [1.29, 1.82) is 0 Å². The number of aromatic nitrogens is 2. The monoisotopic (exact) mass is 394 g/mol. The topological polar surface area (TPSA) is 89.4 Å². The molecule has 6 rings (SSSR count). The third-order valence-corrected chi connectivity index (χ3v) is 6.52. The Hall–Kier alpha value is -2.76. The molecule has 6 nitrogen and oxygen atoms in total. The van der Waals surface area contributed by atoms with Crippen molar-refractivity contribution >= 4 is 11.9 Å². The molecule has 29 heavy (non-hydrogen) atoms. The fourth-order valence-electron chi connectivity index (χ4n) is 5.75. The summed E-state index contributed by atoms with van der Waals surface area (Å²) in [6.07, 6.45) is 14.3. The number of hydrogen-bond acceptors (Lipinski definition) is 5. The minimum Gasteiger partial charge on any atom is -0.478 e. The number of carboxylic acid groups (broad SMARTS) is 1. The van der Waals surface area contributed by atoms with Crippen LogP contribution in [-0.2, 0) is 4.74 Å². The lowest BCUT2D eigenvalue weighted by Gasteiger charge is -2.56.